The molecule has 3 aromatic rings. The van der Waals surface area contributed by atoms with Crippen LogP contribution in [-0.4, -0.2) is 29.8 Å². The molecule has 1 atom stereocenters. The van der Waals surface area contributed by atoms with Gasteiger partial charge in [0.05, 0.1) is 18.6 Å². The molecule has 6 nitrogen and oxygen atoms in total. The van der Waals surface area contributed by atoms with Crippen molar-refractivity contribution in [3.8, 4) is 0 Å². The summed E-state index contributed by atoms with van der Waals surface area (Å²) in [4.78, 5) is 0. The molecule has 128 valence electrons. The smallest absolute Gasteiger partial charge is 0.0525 e. The molecule has 3 rings (SSSR count). The average Bonchev–Trinajstić information content (AvgIpc) is 3.29. The van der Waals surface area contributed by atoms with Gasteiger partial charge >= 0.3 is 0 Å². The van der Waals surface area contributed by atoms with Gasteiger partial charge in [-0.15, -0.1) is 0 Å². The molecule has 3 heterocycles. The van der Waals surface area contributed by atoms with E-state index in [-0.39, 0.29) is 0 Å². The summed E-state index contributed by atoms with van der Waals surface area (Å²) in [5, 5.41) is 16.2. The number of hydrogen-bond acceptors (Lipinski definition) is 3. The molecule has 0 aliphatic heterocycles. The van der Waals surface area contributed by atoms with Gasteiger partial charge in [-0.25, -0.2) is 0 Å². The summed E-state index contributed by atoms with van der Waals surface area (Å²) < 4.78 is 4.01. The summed E-state index contributed by atoms with van der Waals surface area (Å²) in [6.45, 7) is 8.24. The highest BCUT2D eigenvalue weighted by Gasteiger charge is 2.18. The van der Waals surface area contributed by atoms with Crippen molar-refractivity contribution >= 4 is 0 Å². The predicted molar refractivity (Wildman–Crippen MR) is 93.9 cm³/mol. The van der Waals surface area contributed by atoms with E-state index in [1.54, 1.807) is 0 Å². The topological polar surface area (TPSA) is 64.3 Å². The molecule has 0 amide bonds. The lowest BCUT2D eigenvalue weighted by molar-refractivity contribution is 0.601. The van der Waals surface area contributed by atoms with Crippen molar-refractivity contribution < 1.29 is 0 Å². The van der Waals surface area contributed by atoms with Gasteiger partial charge in [-0.3, -0.25) is 14.5 Å². The number of rotatable bonds is 8. The molecule has 0 spiro atoms. The second-order valence-electron chi connectivity index (χ2n) is 6.37. The molecule has 0 radical (unpaired) electrons. The van der Waals surface area contributed by atoms with Crippen LogP contribution in [0.4, 0.5) is 0 Å². The first kappa shape index (κ1) is 16.5. The van der Waals surface area contributed by atoms with Gasteiger partial charge in [-0.1, -0.05) is 6.92 Å². The van der Waals surface area contributed by atoms with Gasteiger partial charge in [0.2, 0.25) is 0 Å². The van der Waals surface area contributed by atoms with Crippen LogP contribution < -0.4 is 0 Å². The first-order valence-corrected chi connectivity index (χ1v) is 8.72. The lowest BCUT2D eigenvalue weighted by atomic mass is 9.88. The molecule has 1 unspecified atom stereocenters. The predicted octanol–water partition coefficient (Wildman–Crippen LogP) is 3.11. The second kappa shape index (κ2) is 7.47. The minimum Gasteiger partial charge on any atom is -0.283 e. The fourth-order valence-corrected chi connectivity index (χ4v) is 3.18. The fraction of sp³-hybridized carbons (Fsp3) is 0.500. The Morgan fingerprint density at radius 3 is 2.21 bits per heavy atom. The van der Waals surface area contributed by atoms with Crippen LogP contribution >= 0.6 is 0 Å². The van der Waals surface area contributed by atoms with Crippen molar-refractivity contribution in [3.05, 3.63) is 53.4 Å². The molecule has 1 N–H and O–H groups in total. The molecular weight excluding hydrogens is 300 g/mol. The molecule has 3 aromatic heterocycles. The zero-order valence-electron chi connectivity index (χ0n) is 14.7. The summed E-state index contributed by atoms with van der Waals surface area (Å²) in [6.07, 6.45) is 13.3. The van der Waals surface area contributed by atoms with Gasteiger partial charge in [0.1, 0.15) is 0 Å². The summed E-state index contributed by atoms with van der Waals surface area (Å²) in [7, 11) is 0. The number of hydrogen-bond donors (Lipinski definition) is 1. The normalized spacial score (nSPS) is 12.6. The maximum Gasteiger partial charge on any atom is 0.0525 e. The number of aryl methyl sites for hydroxylation is 3. The molecule has 0 aliphatic carbocycles. The molecular formula is C18H26N6. The molecule has 0 saturated heterocycles. The van der Waals surface area contributed by atoms with Crippen LogP contribution in [0, 0.1) is 6.92 Å². The van der Waals surface area contributed by atoms with Crippen molar-refractivity contribution in [2.45, 2.75) is 59.0 Å². The maximum absolute atomic E-state index is 4.46. The molecule has 0 bridgehead atoms. The van der Waals surface area contributed by atoms with E-state index in [4.69, 9.17) is 0 Å². The summed E-state index contributed by atoms with van der Waals surface area (Å²) in [5.41, 5.74) is 4.96. The zero-order valence-corrected chi connectivity index (χ0v) is 14.7. The molecule has 6 heteroatoms. The highest BCUT2D eigenvalue weighted by molar-refractivity contribution is 5.25. The van der Waals surface area contributed by atoms with Crippen molar-refractivity contribution in [3.63, 3.8) is 0 Å². The molecule has 0 aromatic carbocycles. The number of nitrogens with zero attached hydrogens (tertiary/aromatic N) is 5. The van der Waals surface area contributed by atoms with Crippen LogP contribution in [0.2, 0.25) is 0 Å². The summed E-state index contributed by atoms with van der Waals surface area (Å²) >= 11 is 0. The van der Waals surface area contributed by atoms with Crippen molar-refractivity contribution in [2.24, 2.45) is 0 Å². The number of H-pyrrole nitrogens is 1. The SMILES string of the molecule is CCCn1cc(CC(Cc2cnn(CC)c2)c2cn[nH]c2C)cn1. The lowest BCUT2D eigenvalue weighted by Crippen LogP contribution is -2.07. The zero-order chi connectivity index (χ0) is 16.9. The third-order valence-electron chi connectivity index (χ3n) is 4.42. The Hall–Kier alpha value is -2.37. The van der Waals surface area contributed by atoms with Gasteiger partial charge in [0.15, 0.2) is 0 Å². The summed E-state index contributed by atoms with van der Waals surface area (Å²) in [6, 6.07) is 0. The quantitative estimate of drug-likeness (QED) is 0.692. The fourth-order valence-electron chi connectivity index (χ4n) is 3.18. The van der Waals surface area contributed by atoms with E-state index in [2.05, 4.69) is 53.6 Å². The standard InChI is InChI=1S/C18H26N6/c1-4-6-24-13-16(10-21-24)8-17(18-11-19-22-14(18)3)7-15-9-20-23(5-2)12-15/h9-13,17H,4-8H2,1-3H3,(H,19,22). The number of nitrogens with one attached hydrogen (secondary N) is 1. The third-order valence-corrected chi connectivity index (χ3v) is 4.42. The van der Waals surface area contributed by atoms with Crippen molar-refractivity contribution in [1.29, 1.82) is 0 Å². The number of aromatic nitrogens is 6. The van der Waals surface area contributed by atoms with E-state index >= 15 is 0 Å². The minimum atomic E-state index is 0.373. The van der Waals surface area contributed by atoms with E-state index in [0.29, 0.717) is 5.92 Å². The van der Waals surface area contributed by atoms with Crippen molar-refractivity contribution in [1.82, 2.24) is 29.8 Å². The Morgan fingerprint density at radius 1 is 1.00 bits per heavy atom. The Labute approximate surface area is 142 Å². The van der Waals surface area contributed by atoms with Crippen LogP contribution in [0.3, 0.4) is 0 Å². The third kappa shape index (κ3) is 3.75. The molecule has 24 heavy (non-hydrogen) atoms. The first-order chi connectivity index (χ1) is 11.7. The monoisotopic (exact) mass is 326 g/mol. The molecule has 0 aliphatic rings. The van der Waals surface area contributed by atoms with Gasteiger partial charge in [0, 0.05) is 31.2 Å². The second-order valence-corrected chi connectivity index (χ2v) is 6.37. The average molecular weight is 326 g/mol. The van der Waals surface area contributed by atoms with Crippen LogP contribution in [0.25, 0.3) is 0 Å². The van der Waals surface area contributed by atoms with Gasteiger partial charge in [-0.05, 0) is 55.7 Å². The first-order valence-electron chi connectivity index (χ1n) is 8.72. The van der Waals surface area contributed by atoms with Gasteiger partial charge in [-0.2, -0.15) is 15.3 Å². The molecule has 0 fully saturated rings. The largest absolute Gasteiger partial charge is 0.283 e. The van der Waals surface area contributed by atoms with Crippen molar-refractivity contribution in [2.75, 3.05) is 0 Å². The van der Waals surface area contributed by atoms with Gasteiger partial charge < -0.3 is 0 Å². The minimum absolute atomic E-state index is 0.373. The maximum atomic E-state index is 4.46. The lowest BCUT2D eigenvalue weighted by Gasteiger charge is -2.15. The van der Waals surface area contributed by atoms with E-state index < -0.39 is 0 Å². The van der Waals surface area contributed by atoms with Crippen LogP contribution in [0.15, 0.2) is 31.0 Å². The van der Waals surface area contributed by atoms with Crippen LogP contribution in [0.1, 0.15) is 48.6 Å². The Morgan fingerprint density at radius 2 is 1.67 bits per heavy atom. The van der Waals surface area contributed by atoms with Crippen LogP contribution in [0.5, 0.6) is 0 Å². The van der Waals surface area contributed by atoms with Gasteiger partial charge in [0.25, 0.3) is 0 Å². The van der Waals surface area contributed by atoms with E-state index in [9.17, 15) is 0 Å². The van der Waals surface area contributed by atoms with Crippen LogP contribution in [-0.2, 0) is 25.9 Å². The number of aromatic amines is 1. The van der Waals surface area contributed by atoms with E-state index in [1.165, 1.54) is 16.7 Å². The highest BCUT2D eigenvalue weighted by Crippen LogP contribution is 2.26. The Kier molecular flexibility index (Phi) is 5.13. The van der Waals surface area contributed by atoms with E-state index in [1.807, 2.05) is 28.0 Å². The van der Waals surface area contributed by atoms with E-state index in [0.717, 1.165) is 38.0 Å². The molecule has 0 saturated carbocycles. The Bertz CT molecular complexity index is 766. The highest BCUT2D eigenvalue weighted by atomic mass is 15.3. The Balaban J connectivity index is 1.80. The summed E-state index contributed by atoms with van der Waals surface area (Å²) in [5.74, 6) is 0.373.